The summed E-state index contributed by atoms with van der Waals surface area (Å²) < 4.78 is 1.06. The molecule has 17 heavy (non-hydrogen) atoms. The molecule has 5 nitrogen and oxygen atoms in total. The molecule has 0 amide bonds. The molecule has 1 atom stereocenters. The lowest BCUT2D eigenvalue weighted by molar-refractivity contribution is 0.620. The van der Waals surface area contributed by atoms with Crippen molar-refractivity contribution >= 4 is 15.9 Å². The van der Waals surface area contributed by atoms with Crippen LogP contribution in [0.5, 0.6) is 0 Å². The van der Waals surface area contributed by atoms with Crippen LogP contribution in [-0.4, -0.2) is 26.8 Å². The van der Waals surface area contributed by atoms with E-state index in [0.717, 1.165) is 10.3 Å². The molecule has 1 aromatic carbocycles. The maximum absolute atomic E-state index is 5.81. The first-order chi connectivity index (χ1) is 8.19. The van der Waals surface area contributed by atoms with Gasteiger partial charge in [0.2, 0.25) is 0 Å². The van der Waals surface area contributed by atoms with E-state index in [-0.39, 0.29) is 5.92 Å². The van der Waals surface area contributed by atoms with Crippen molar-refractivity contribution in [3.05, 3.63) is 40.1 Å². The summed E-state index contributed by atoms with van der Waals surface area (Å²) in [6.07, 6.45) is 0.709. The van der Waals surface area contributed by atoms with Crippen molar-refractivity contribution in [1.82, 2.24) is 20.2 Å². The van der Waals surface area contributed by atoms with Gasteiger partial charge in [0.05, 0.1) is 7.05 Å². The Labute approximate surface area is 108 Å². The van der Waals surface area contributed by atoms with Crippen LogP contribution >= 0.6 is 15.9 Å². The molecular formula is C11H14BrN5. The summed E-state index contributed by atoms with van der Waals surface area (Å²) in [5.74, 6) is 0.944. The molecule has 0 aliphatic heterocycles. The lowest BCUT2D eigenvalue weighted by Crippen LogP contribution is -2.15. The lowest BCUT2D eigenvalue weighted by Gasteiger charge is -2.13. The SMILES string of the molecule is Cn1nnc(CC(CN)c2cccc(Br)c2)n1. The highest BCUT2D eigenvalue weighted by molar-refractivity contribution is 9.10. The third kappa shape index (κ3) is 3.10. The first-order valence-electron chi connectivity index (χ1n) is 5.37. The van der Waals surface area contributed by atoms with Crippen LogP contribution in [0.25, 0.3) is 0 Å². The van der Waals surface area contributed by atoms with Crippen molar-refractivity contribution in [3.8, 4) is 0 Å². The number of aromatic nitrogens is 4. The summed E-state index contributed by atoms with van der Waals surface area (Å²) in [5.41, 5.74) is 7.00. The number of tetrazole rings is 1. The van der Waals surface area contributed by atoms with E-state index in [1.165, 1.54) is 10.4 Å². The van der Waals surface area contributed by atoms with Gasteiger partial charge in [-0.25, -0.2) is 0 Å². The molecule has 0 aliphatic rings. The van der Waals surface area contributed by atoms with E-state index < -0.39 is 0 Å². The van der Waals surface area contributed by atoms with E-state index in [0.29, 0.717) is 13.0 Å². The molecule has 0 radical (unpaired) electrons. The monoisotopic (exact) mass is 295 g/mol. The molecule has 1 aromatic heterocycles. The number of aryl methyl sites for hydroxylation is 1. The number of benzene rings is 1. The van der Waals surface area contributed by atoms with Gasteiger partial charge in [0, 0.05) is 16.8 Å². The molecule has 0 saturated heterocycles. The average molecular weight is 296 g/mol. The molecule has 0 aliphatic carbocycles. The second-order valence-electron chi connectivity index (χ2n) is 3.89. The second kappa shape index (κ2) is 5.37. The Morgan fingerprint density at radius 1 is 1.47 bits per heavy atom. The number of nitrogens with zero attached hydrogens (tertiary/aromatic N) is 4. The van der Waals surface area contributed by atoms with Gasteiger partial charge in [0.25, 0.3) is 0 Å². The van der Waals surface area contributed by atoms with Gasteiger partial charge in [-0.05, 0) is 29.5 Å². The van der Waals surface area contributed by atoms with E-state index in [2.05, 4.69) is 43.5 Å². The Morgan fingerprint density at radius 2 is 2.29 bits per heavy atom. The topological polar surface area (TPSA) is 69.6 Å². The van der Waals surface area contributed by atoms with Gasteiger partial charge in [-0.2, -0.15) is 4.80 Å². The predicted molar refractivity (Wildman–Crippen MR) is 68.4 cm³/mol. The van der Waals surface area contributed by atoms with Crippen LogP contribution in [0.15, 0.2) is 28.7 Å². The third-order valence-corrected chi connectivity index (χ3v) is 3.08. The molecule has 2 aromatic rings. The number of nitrogens with two attached hydrogens (primary N) is 1. The molecule has 0 spiro atoms. The normalized spacial score (nSPS) is 12.6. The first kappa shape index (κ1) is 12.2. The summed E-state index contributed by atoms with van der Waals surface area (Å²) in [7, 11) is 1.76. The van der Waals surface area contributed by atoms with Crippen molar-refractivity contribution in [2.45, 2.75) is 12.3 Å². The summed E-state index contributed by atoms with van der Waals surface area (Å²) in [6.45, 7) is 0.564. The number of hydrogen-bond acceptors (Lipinski definition) is 4. The fourth-order valence-corrected chi connectivity index (χ4v) is 2.14. The summed E-state index contributed by atoms with van der Waals surface area (Å²) in [6, 6.07) is 8.15. The van der Waals surface area contributed by atoms with Gasteiger partial charge in [0.15, 0.2) is 5.82 Å². The molecule has 1 heterocycles. The molecular weight excluding hydrogens is 282 g/mol. The first-order valence-corrected chi connectivity index (χ1v) is 6.16. The standard InChI is InChI=1S/C11H14BrN5/c1-17-15-11(14-16-17)6-9(7-13)8-3-2-4-10(12)5-8/h2-5,9H,6-7,13H2,1H3. The number of hydrogen-bond donors (Lipinski definition) is 1. The van der Waals surface area contributed by atoms with E-state index in [9.17, 15) is 0 Å². The van der Waals surface area contributed by atoms with Gasteiger partial charge < -0.3 is 5.73 Å². The van der Waals surface area contributed by atoms with E-state index in [4.69, 9.17) is 5.73 Å². The third-order valence-electron chi connectivity index (χ3n) is 2.58. The molecule has 90 valence electrons. The average Bonchev–Trinajstić information content (AvgIpc) is 2.72. The van der Waals surface area contributed by atoms with Crippen LogP contribution in [0.1, 0.15) is 17.3 Å². The van der Waals surface area contributed by atoms with Gasteiger partial charge >= 0.3 is 0 Å². The summed E-state index contributed by atoms with van der Waals surface area (Å²) >= 11 is 3.46. The quantitative estimate of drug-likeness (QED) is 0.922. The van der Waals surface area contributed by atoms with Crippen molar-refractivity contribution in [1.29, 1.82) is 0 Å². The predicted octanol–water partition coefficient (Wildman–Crippen LogP) is 1.26. The second-order valence-corrected chi connectivity index (χ2v) is 4.80. The Kier molecular flexibility index (Phi) is 3.86. The van der Waals surface area contributed by atoms with Crippen LogP contribution in [-0.2, 0) is 13.5 Å². The lowest BCUT2D eigenvalue weighted by atomic mass is 9.96. The fraction of sp³-hybridized carbons (Fsp3) is 0.364. The minimum Gasteiger partial charge on any atom is -0.330 e. The Balaban J connectivity index is 2.16. The van der Waals surface area contributed by atoms with Crippen molar-refractivity contribution in [3.63, 3.8) is 0 Å². The van der Waals surface area contributed by atoms with Gasteiger partial charge in [-0.15, -0.1) is 10.2 Å². The highest BCUT2D eigenvalue weighted by atomic mass is 79.9. The molecule has 6 heteroatoms. The Morgan fingerprint density at radius 3 is 2.88 bits per heavy atom. The molecule has 2 N–H and O–H groups in total. The van der Waals surface area contributed by atoms with Crippen LogP contribution in [0.4, 0.5) is 0 Å². The van der Waals surface area contributed by atoms with E-state index in [1.807, 2.05) is 12.1 Å². The van der Waals surface area contributed by atoms with Crippen molar-refractivity contribution < 1.29 is 0 Å². The van der Waals surface area contributed by atoms with Crippen LogP contribution < -0.4 is 5.73 Å². The van der Waals surface area contributed by atoms with E-state index in [1.54, 1.807) is 7.05 Å². The zero-order chi connectivity index (χ0) is 12.3. The summed E-state index contributed by atoms with van der Waals surface area (Å²) in [5, 5.41) is 12.0. The largest absolute Gasteiger partial charge is 0.330 e. The molecule has 2 rings (SSSR count). The maximum Gasteiger partial charge on any atom is 0.175 e. The Bertz CT molecular complexity index is 496. The van der Waals surface area contributed by atoms with Crippen molar-refractivity contribution in [2.24, 2.45) is 12.8 Å². The highest BCUT2D eigenvalue weighted by Crippen LogP contribution is 2.21. The minimum atomic E-state index is 0.219. The maximum atomic E-state index is 5.81. The van der Waals surface area contributed by atoms with Gasteiger partial charge in [0.1, 0.15) is 0 Å². The highest BCUT2D eigenvalue weighted by Gasteiger charge is 2.13. The number of rotatable bonds is 4. The van der Waals surface area contributed by atoms with E-state index >= 15 is 0 Å². The van der Waals surface area contributed by atoms with Crippen molar-refractivity contribution in [2.75, 3.05) is 6.54 Å². The van der Waals surface area contributed by atoms with Gasteiger partial charge in [-0.1, -0.05) is 28.1 Å². The number of halogens is 1. The molecule has 1 unspecified atom stereocenters. The molecule has 0 fully saturated rings. The molecule has 0 bridgehead atoms. The molecule has 0 saturated carbocycles. The Hall–Kier alpha value is -1.27. The van der Waals surface area contributed by atoms with Crippen LogP contribution in [0.2, 0.25) is 0 Å². The zero-order valence-electron chi connectivity index (χ0n) is 9.55. The van der Waals surface area contributed by atoms with Gasteiger partial charge in [-0.3, -0.25) is 0 Å². The summed E-state index contributed by atoms with van der Waals surface area (Å²) in [4.78, 5) is 1.46. The van der Waals surface area contributed by atoms with Crippen LogP contribution in [0, 0.1) is 0 Å². The van der Waals surface area contributed by atoms with Crippen LogP contribution in [0.3, 0.4) is 0 Å². The fourth-order valence-electron chi connectivity index (χ4n) is 1.72. The zero-order valence-corrected chi connectivity index (χ0v) is 11.1. The smallest absolute Gasteiger partial charge is 0.175 e. The minimum absolute atomic E-state index is 0.219.